The lowest BCUT2D eigenvalue weighted by molar-refractivity contribution is 0.256. The standard InChI is InChI=1S/C16H21N3O2S/c1-10(2)8-12-4-6-13(7-5-12)11(3)14-9-15(21-18-14)19(22)16(17)20/h4-7,9-11,22H,8H2,1-3H3,(H2,17,20). The Hall–Kier alpha value is -1.95. The molecule has 0 aliphatic rings. The molecule has 5 nitrogen and oxygen atoms in total. The first-order chi connectivity index (χ1) is 10.4. The maximum absolute atomic E-state index is 11.1. The molecular formula is C16H21N3O2S. The zero-order valence-corrected chi connectivity index (χ0v) is 13.9. The van der Waals surface area contributed by atoms with Gasteiger partial charge in [0, 0.05) is 12.0 Å². The van der Waals surface area contributed by atoms with Crippen LogP contribution in [0.4, 0.5) is 10.7 Å². The number of benzene rings is 1. The molecule has 1 unspecified atom stereocenters. The number of thiol groups is 1. The maximum atomic E-state index is 11.1. The highest BCUT2D eigenvalue weighted by Crippen LogP contribution is 2.27. The third-order valence-electron chi connectivity index (χ3n) is 3.50. The van der Waals surface area contributed by atoms with Gasteiger partial charge in [-0.25, -0.2) is 9.10 Å². The van der Waals surface area contributed by atoms with Crippen molar-refractivity contribution in [2.75, 3.05) is 4.31 Å². The van der Waals surface area contributed by atoms with E-state index in [1.54, 1.807) is 6.07 Å². The van der Waals surface area contributed by atoms with Crippen LogP contribution in [0.5, 0.6) is 0 Å². The minimum absolute atomic E-state index is 0.0557. The zero-order valence-electron chi connectivity index (χ0n) is 13.0. The van der Waals surface area contributed by atoms with Crippen LogP contribution in [-0.4, -0.2) is 11.2 Å². The van der Waals surface area contributed by atoms with E-state index < -0.39 is 6.03 Å². The van der Waals surface area contributed by atoms with E-state index in [1.165, 1.54) is 5.56 Å². The highest BCUT2D eigenvalue weighted by atomic mass is 32.1. The van der Waals surface area contributed by atoms with Crippen LogP contribution in [0.2, 0.25) is 0 Å². The second kappa shape index (κ2) is 6.87. The normalized spacial score (nSPS) is 12.4. The fraction of sp³-hybridized carbons (Fsp3) is 0.375. The Kier molecular flexibility index (Phi) is 5.13. The summed E-state index contributed by atoms with van der Waals surface area (Å²) in [5.41, 5.74) is 8.33. The minimum atomic E-state index is -0.711. The van der Waals surface area contributed by atoms with Crippen LogP contribution in [0.15, 0.2) is 34.9 Å². The first-order valence-corrected chi connectivity index (χ1v) is 7.62. The molecule has 1 atom stereocenters. The number of anilines is 1. The second-order valence-electron chi connectivity index (χ2n) is 5.80. The number of nitrogens with zero attached hydrogens (tertiary/aromatic N) is 2. The van der Waals surface area contributed by atoms with E-state index in [1.807, 2.05) is 6.92 Å². The summed E-state index contributed by atoms with van der Waals surface area (Å²) >= 11 is 3.95. The van der Waals surface area contributed by atoms with Crippen LogP contribution in [0.25, 0.3) is 0 Å². The van der Waals surface area contributed by atoms with Crippen LogP contribution in [-0.2, 0) is 6.42 Å². The molecule has 2 aromatic rings. The number of urea groups is 1. The van der Waals surface area contributed by atoms with E-state index in [4.69, 9.17) is 10.3 Å². The van der Waals surface area contributed by atoms with Crippen LogP contribution in [0, 0.1) is 5.92 Å². The van der Waals surface area contributed by atoms with Crippen molar-refractivity contribution >= 4 is 24.7 Å². The van der Waals surface area contributed by atoms with Gasteiger partial charge in [0.15, 0.2) is 0 Å². The predicted molar refractivity (Wildman–Crippen MR) is 90.1 cm³/mol. The topological polar surface area (TPSA) is 72.4 Å². The Morgan fingerprint density at radius 1 is 1.32 bits per heavy atom. The monoisotopic (exact) mass is 319 g/mol. The summed E-state index contributed by atoms with van der Waals surface area (Å²) in [4.78, 5) is 11.1. The summed E-state index contributed by atoms with van der Waals surface area (Å²) in [5, 5.41) is 3.99. The van der Waals surface area contributed by atoms with Crippen molar-refractivity contribution < 1.29 is 9.32 Å². The van der Waals surface area contributed by atoms with Gasteiger partial charge in [0.05, 0.1) is 5.69 Å². The van der Waals surface area contributed by atoms with Gasteiger partial charge in [-0.15, -0.1) is 0 Å². The van der Waals surface area contributed by atoms with Gasteiger partial charge in [0.2, 0.25) is 5.88 Å². The Labute approximate surface area is 136 Å². The Bertz CT molecular complexity index is 637. The Morgan fingerprint density at radius 2 is 1.95 bits per heavy atom. The summed E-state index contributed by atoms with van der Waals surface area (Å²) in [6.07, 6.45) is 1.07. The van der Waals surface area contributed by atoms with Gasteiger partial charge in [-0.1, -0.05) is 63.0 Å². The summed E-state index contributed by atoms with van der Waals surface area (Å²) in [5.74, 6) is 0.908. The van der Waals surface area contributed by atoms with Crippen LogP contribution in [0.1, 0.15) is 43.5 Å². The van der Waals surface area contributed by atoms with Crippen molar-refractivity contribution in [3.05, 3.63) is 47.2 Å². The van der Waals surface area contributed by atoms with Crippen molar-refractivity contribution in [2.24, 2.45) is 11.7 Å². The van der Waals surface area contributed by atoms with Crippen LogP contribution >= 0.6 is 12.8 Å². The molecule has 0 radical (unpaired) electrons. The number of aromatic nitrogens is 1. The average molecular weight is 319 g/mol. The molecule has 2 rings (SSSR count). The second-order valence-corrected chi connectivity index (χ2v) is 6.20. The zero-order chi connectivity index (χ0) is 16.3. The van der Waals surface area contributed by atoms with Gasteiger partial charge >= 0.3 is 6.03 Å². The maximum Gasteiger partial charge on any atom is 0.331 e. The van der Waals surface area contributed by atoms with E-state index in [0.717, 1.165) is 22.0 Å². The molecule has 0 aliphatic carbocycles. The van der Waals surface area contributed by atoms with E-state index in [0.29, 0.717) is 5.92 Å². The van der Waals surface area contributed by atoms with Crippen molar-refractivity contribution in [1.82, 2.24) is 5.16 Å². The number of carbonyl (C=O) groups excluding carboxylic acids is 1. The number of nitrogens with two attached hydrogens (primary N) is 1. The van der Waals surface area contributed by atoms with Crippen molar-refractivity contribution in [3.63, 3.8) is 0 Å². The fourth-order valence-electron chi connectivity index (χ4n) is 2.28. The molecular weight excluding hydrogens is 298 g/mol. The number of primary amides is 1. The number of hydrogen-bond acceptors (Lipinski definition) is 4. The lowest BCUT2D eigenvalue weighted by Gasteiger charge is -2.10. The van der Waals surface area contributed by atoms with Gasteiger partial charge in [-0.05, 0) is 23.5 Å². The van der Waals surface area contributed by atoms with Crippen molar-refractivity contribution in [3.8, 4) is 0 Å². The van der Waals surface area contributed by atoms with Gasteiger partial charge in [0.25, 0.3) is 0 Å². The Balaban J connectivity index is 2.14. The highest BCUT2D eigenvalue weighted by molar-refractivity contribution is 7.82. The lowest BCUT2D eigenvalue weighted by atomic mass is 9.95. The van der Waals surface area contributed by atoms with E-state index >= 15 is 0 Å². The number of amides is 2. The van der Waals surface area contributed by atoms with E-state index in [2.05, 4.69) is 56.1 Å². The van der Waals surface area contributed by atoms with Crippen molar-refractivity contribution in [1.29, 1.82) is 0 Å². The molecule has 0 fully saturated rings. The summed E-state index contributed by atoms with van der Waals surface area (Å²) in [6.45, 7) is 6.44. The Morgan fingerprint density at radius 3 is 2.50 bits per heavy atom. The molecule has 0 bridgehead atoms. The first kappa shape index (κ1) is 16.4. The molecule has 0 aliphatic heterocycles. The van der Waals surface area contributed by atoms with Gasteiger partial charge in [-0.3, -0.25) is 0 Å². The summed E-state index contributed by atoms with van der Waals surface area (Å²) in [6, 6.07) is 9.44. The van der Waals surface area contributed by atoms with Gasteiger partial charge in [-0.2, -0.15) is 0 Å². The number of carbonyl (C=O) groups is 1. The third kappa shape index (κ3) is 3.82. The molecule has 118 valence electrons. The number of hydrogen-bond donors (Lipinski definition) is 2. The minimum Gasteiger partial charge on any atom is -0.350 e. The molecule has 0 saturated carbocycles. The summed E-state index contributed by atoms with van der Waals surface area (Å²) < 4.78 is 6.03. The molecule has 2 N–H and O–H groups in total. The van der Waals surface area contributed by atoms with Gasteiger partial charge < -0.3 is 10.3 Å². The van der Waals surface area contributed by atoms with Crippen molar-refractivity contribution in [2.45, 2.75) is 33.1 Å². The van der Waals surface area contributed by atoms with E-state index in [-0.39, 0.29) is 11.8 Å². The van der Waals surface area contributed by atoms with Crippen LogP contribution < -0.4 is 10.0 Å². The van der Waals surface area contributed by atoms with E-state index in [9.17, 15) is 4.79 Å². The molecule has 1 aromatic carbocycles. The molecule has 1 aromatic heterocycles. The molecule has 22 heavy (non-hydrogen) atoms. The smallest absolute Gasteiger partial charge is 0.331 e. The summed E-state index contributed by atoms with van der Waals surface area (Å²) in [7, 11) is 0. The molecule has 2 amide bonds. The first-order valence-electron chi connectivity index (χ1n) is 7.22. The largest absolute Gasteiger partial charge is 0.350 e. The van der Waals surface area contributed by atoms with Crippen LogP contribution in [0.3, 0.4) is 0 Å². The molecule has 0 spiro atoms. The molecule has 1 heterocycles. The third-order valence-corrected chi connectivity index (χ3v) is 3.90. The predicted octanol–water partition coefficient (Wildman–Crippen LogP) is 3.75. The molecule has 0 saturated heterocycles. The highest BCUT2D eigenvalue weighted by Gasteiger charge is 2.18. The fourth-order valence-corrected chi connectivity index (χ4v) is 2.37. The SMILES string of the molecule is CC(C)Cc1ccc(C(C)c2cc(N(S)C(N)=O)on2)cc1. The quantitative estimate of drug-likeness (QED) is 0.824. The van der Waals surface area contributed by atoms with Gasteiger partial charge in [0.1, 0.15) is 0 Å². The lowest BCUT2D eigenvalue weighted by Crippen LogP contribution is -2.26. The molecule has 6 heteroatoms. The number of rotatable bonds is 5. The average Bonchev–Trinajstić information content (AvgIpc) is 2.95.